The molecule has 0 aromatic carbocycles. The molecule has 2 atom stereocenters. The molecular formula is C16H21BrN4O2. The van der Waals surface area contributed by atoms with Gasteiger partial charge in [-0.15, -0.1) is 0 Å². The number of imidazole rings is 1. The van der Waals surface area contributed by atoms with E-state index in [4.69, 9.17) is 15.5 Å². The predicted molar refractivity (Wildman–Crippen MR) is 91.0 cm³/mol. The molecular weight excluding hydrogens is 360 g/mol. The zero-order valence-electron chi connectivity index (χ0n) is 13.8. The lowest BCUT2D eigenvalue weighted by molar-refractivity contribution is -0.149. The molecule has 0 saturated heterocycles. The topological polar surface area (TPSA) is 82.5 Å². The predicted octanol–water partition coefficient (Wildman–Crippen LogP) is 2.94. The molecule has 1 fully saturated rings. The third-order valence-corrected chi connectivity index (χ3v) is 6.30. The van der Waals surface area contributed by atoms with Crippen molar-refractivity contribution in [3.05, 3.63) is 22.8 Å². The van der Waals surface area contributed by atoms with Gasteiger partial charge in [-0.25, -0.2) is 9.97 Å². The molecule has 124 valence electrons. The zero-order chi connectivity index (χ0) is 17.0. The number of ether oxygens (including phenoxy) is 1. The summed E-state index contributed by atoms with van der Waals surface area (Å²) < 4.78 is 7.66. The molecule has 0 unspecified atom stereocenters. The summed E-state index contributed by atoms with van der Waals surface area (Å²) >= 11 is 3.49. The Labute approximate surface area is 143 Å². The summed E-state index contributed by atoms with van der Waals surface area (Å²) in [5.41, 5.74) is 6.19. The molecule has 0 aliphatic heterocycles. The number of carbonyl (C=O) groups is 1. The number of fused-ring (bicyclic) bond motifs is 1. The van der Waals surface area contributed by atoms with Crippen LogP contribution in [0.3, 0.4) is 0 Å². The van der Waals surface area contributed by atoms with Gasteiger partial charge in [0.2, 0.25) is 0 Å². The molecule has 0 spiro atoms. The fraction of sp³-hybridized carbons (Fsp3) is 0.562. The molecule has 23 heavy (non-hydrogen) atoms. The molecule has 6 nitrogen and oxygen atoms in total. The first kappa shape index (κ1) is 16.2. The number of nitrogens with zero attached hydrogens (tertiary/aromatic N) is 3. The summed E-state index contributed by atoms with van der Waals surface area (Å²) in [5.74, 6) is 1.02. The first-order chi connectivity index (χ1) is 10.7. The van der Waals surface area contributed by atoms with E-state index in [1.165, 1.54) is 7.11 Å². The molecule has 2 aromatic heterocycles. The van der Waals surface area contributed by atoms with Crippen LogP contribution in [-0.4, -0.2) is 27.4 Å². The van der Waals surface area contributed by atoms with Gasteiger partial charge in [-0.1, -0.05) is 20.8 Å². The van der Waals surface area contributed by atoms with Gasteiger partial charge >= 0.3 is 5.97 Å². The molecule has 2 aromatic rings. The molecule has 0 amide bonds. The first-order valence-electron chi connectivity index (χ1n) is 7.60. The van der Waals surface area contributed by atoms with Crippen molar-refractivity contribution < 1.29 is 9.53 Å². The Kier molecular flexibility index (Phi) is 3.66. The van der Waals surface area contributed by atoms with E-state index >= 15 is 0 Å². The van der Waals surface area contributed by atoms with Crippen molar-refractivity contribution in [3.63, 3.8) is 0 Å². The van der Waals surface area contributed by atoms with Crippen LogP contribution in [-0.2, 0) is 14.9 Å². The minimum absolute atomic E-state index is 0.150. The van der Waals surface area contributed by atoms with E-state index in [0.29, 0.717) is 10.4 Å². The maximum atomic E-state index is 12.2. The highest BCUT2D eigenvalue weighted by molar-refractivity contribution is 9.10. The summed E-state index contributed by atoms with van der Waals surface area (Å²) in [6.07, 6.45) is 5.17. The van der Waals surface area contributed by atoms with Gasteiger partial charge in [0.05, 0.1) is 13.0 Å². The van der Waals surface area contributed by atoms with Crippen LogP contribution < -0.4 is 5.73 Å². The number of nitrogens with two attached hydrogens (primary N) is 1. The fourth-order valence-corrected chi connectivity index (χ4v) is 4.43. The van der Waals surface area contributed by atoms with Gasteiger partial charge in [0.15, 0.2) is 5.82 Å². The van der Waals surface area contributed by atoms with Crippen LogP contribution >= 0.6 is 15.9 Å². The zero-order valence-corrected chi connectivity index (χ0v) is 15.3. The van der Waals surface area contributed by atoms with E-state index < -0.39 is 0 Å². The molecule has 0 bridgehead atoms. The van der Waals surface area contributed by atoms with E-state index in [2.05, 4.69) is 41.7 Å². The second kappa shape index (κ2) is 5.19. The Morgan fingerprint density at radius 1 is 1.48 bits per heavy atom. The molecule has 1 aliphatic carbocycles. The van der Waals surface area contributed by atoms with Crippen molar-refractivity contribution in [1.29, 1.82) is 0 Å². The second-order valence-corrected chi connectivity index (χ2v) is 7.68. The third-order valence-electron chi connectivity index (χ3n) is 5.75. The smallest absolute Gasteiger partial charge is 0.309 e. The highest BCUT2D eigenvalue weighted by atomic mass is 79.9. The molecule has 3 rings (SSSR count). The maximum absolute atomic E-state index is 12.2. The monoisotopic (exact) mass is 380 g/mol. The molecule has 2 N–H and O–H groups in total. The summed E-state index contributed by atoms with van der Waals surface area (Å²) in [4.78, 5) is 21.0. The molecule has 1 saturated carbocycles. The summed E-state index contributed by atoms with van der Waals surface area (Å²) in [6, 6.07) is 0. The lowest BCUT2D eigenvalue weighted by atomic mass is 9.65. The highest BCUT2D eigenvalue weighted by Crippen LogP contribution is 2.57. The van der Waals surface area contributed by atoms with Crippen molar-refractivity contribution in [2.24, 2.45) is 11.3 Å². The molecule has 1 aliphatic rings. The molecule has 7 heteroatoms. The van der Waals surface area contributed by atoms with E-state index in [1.807, 2.05) is 10.6 Å². The number of halogens is 1. The Morgan fingerprint density at radius 3 is 2.83 bits per heavy atom. The lowest BCUT2D eigenvalue weighted by Crippen LogP contribution is -2.42. The van der Waals surface area contributed by atoms with Crippen LogP contribution in [0.5, 0.6) is 0 Å². The van der Waals surface area contributed by atoms with Crippen molar-refractivity contribution in [2.45, 2.75) is 39.0 Å². The Hall–Kier alpha value is -1.63. The van der Waals surface area contributed by atoms with E-state index in [-0.39, 0.29) is 22.7 Å². The number of methoxy groups -OCH3 is 1. The number of esters is 1. The number of nitrogen functional groups attached to an aromatic ring is 1. The summed E-state index contributed by atoms with van der Waals surface area (Å²) in [6.45, 7) is 6.38. The highest BCUT2D eigenvalue weighted by Gasteiger charge is 2.57. The van der Waals surface area contributed by atoms with Crippen LogP contribution in [0.4, 0.5) is 5.82 Å². The summed E-state index contributed by atoms with van der Waals surface area (Å²) in [5, 5.41) is 0. The number of anilines is 1. The standard InChI is InChI=1S/C16H21BrN4O2/c1-15(2)9(13(22)23-4)5-6-16(15,3)14-20-11(17)10-12(18)19-7-8-21(10)14/h7-9H,5-6H2,1-4H3,(H2,18,19)/t9-,16+/m1/s1. The third kappa shape index (κ3) is 2.09. The van der Waals surface area contributed by atoms with Crippen LogP contribution in [0.25, 0.3) is 5.52 Å². The van der Waals surface area contributed by atoms with Crippen LogP contribution in [0.15, 0.2) is 17.0 Å². The van der Waals surface area contributed by atoms with Gasteiger partial charge < -0.3 is 10.5 Å². The van der Waals surface area contributed by atoms with Gasteiger partial charge in [-0.2, -0.15) is 0 Å². The van der Waals surface area contributed by atoms with Gasteiger partial charge in [-0.05, 0) is 34.2 Å². The number of hydrogen-bond donors (Lipinski definition) is 1. The van der Waals surface area contributed by atoms with Crippen LogP contribution in [0.2, 0.25) is 0 Å². The number of hydrogen-bond acceptors (Lipinski definition) is 5. The second-order valence-electron chi connectivity index (χ2n) is 6.93. The van der Waals surface area contributed by atoms with Crippen LogP contribution in [0, 0.1) is 11.3 Å². The summed E-state index contributed by atoms with van der Waals surface area (Å²) in [7, 11) is 1.45. The number of carbonyl (C=O) groups excluding carboxylic acids is 1. The largest absolute Gasteiger partial charge is 0.469 e. The van der Waals surface area contributed by atoms with E-state index in [9.17, 15) is 4.79 Å². The number of aromatic nitrogens is 3. The van der Waals surface area contributed by atoms with E-state index in [0.717, 1.165) is 24.2 Å². The molecule has 2 heterocycles. The minimum Gasteiger partial charge on any atom is -0.469 e. The first-order valence-corrected chi connectivity index (χ1v) is 8.39. The lowest BCUT2D eigenvalue weighted by Gasteiger charge is -2.39. The fourth-order valence-electron chi connectivity index (χ4n) is 3.87. The van der Waals surface area contributed by atoms with Gasteiger partial charge in [-0.3, -0.25) is 9.20 Å². The Balaban J connectivity index is 2.19. The van der Waals surface area contributed by atoms with Gasteiger partial charge in [0, 0.05) is 17.8 Å². The van der Waals surface area contributed by atoms with Crippen LogP contribution in [0.1, 0.15) is 39.4 Å². The van der Waals surface area contributed by atoms with Gasteiger partial charge in [0.1, 0.15) is 15.9 Å². The van der Waals surface area contributed by atoms with Crippen molar-refractivity contribution in [1.82, 2.24) is 14.4 Å². The molecule has 0 radical (unpaired) electrons. The normalized spacial score (nSPS) is 26.6. The average molecular weight is 381 g/mol. The number of rotatable bonds is 2. The minimum atomic E-state index is -0.293. The van der Waals surface area contributed by atoms with Crippen molar-refractivity contribution in [2.75, 3.05) is 12.8 Å². The van der Waals surface area contributed by atoms with Crippen molar-refractivity contribution >= 4 is 33.2 Å². The SMILES string of the molecule is COC(=O)[C@H]1CC[C@@](C)(c2nc(Br)c3c(N)nccn23)C1(C)C. The maximum Gasteiger partial charge on any atom is 0.309 e. The Bertz CT molecular complexity index is 786. The Morgan fingerprint density at radius 2 is 2.17 bits per heavy atom. The van der Waals surface area contributed by atoms with Crippen molar-refractivity contribution in [3.8, 4) is 0 Å². The van der Waals surface area contributed by atoms with Gasteiger partial charge in [0.25, 0.3) is 0 Å². The quantitative estimate of drug-likeness (QED) is 0.809. The van der Waals surface area contributed by atoms with E-state index in [1.54, 1.807) is 6.20 Å². The average Bonchev–Trinajstić information content (AvgIpc) is 2.96.